The van der Waals surface area contributed by atoms with Gasteiger partial charge in [0.1, 0.15) is 0 Å². The molecule has 0 aliphatic carbocycles. The molecule has 3 heterocycles. The Bertz CT molecular complexity index is 3670. The molecule has 8 aromatic carbocycles. The molecule has 0 atom stereocenters. The largest absolute Gasteiger partial charge is 0.309 e. The minimum atomic E-state index is -0.599. The van der Waals surface area contributed by atoms with Gasteiger partial charge >= 0.3 is 0 Å². The van der Waals surface area contributed by atoms with E-state index in [0.29, 0.717) is 5.56 Å². The van der Waals surface area contributed by atoms with E-state index in [2.05, 4.69) is 104 Å². The maximum atomic E-state index is 8.71. The summed E-state index contributed by atoms with van der Waals surface area (Å²) in [4.78, 5) is 13.7. The summed E-state index contributed by atoms with van der Waals surface area (Å²) in [6.45, 7) is 0. The van der Waals surface area contributed by atoms with Crippen molar-refractivity contribution in [3.05, 3.63) is 182 Å². The second-order valence-corrected chi connectivity index (χ2v) is 14.0. The first-order chi connectivity index (χ1) is 30.9. The van der Waals surface area contributed by atoms with Crippen LogP contribution in [0.1, 0.15) is 13.7 Å². The predicted molar refractivity (Wildman–Crippen MR) is 226 cm³/mol. The lowest BCUT2D eigenvalue weighted by atomic mass is 10.0. The summed E-state index contributed by atoms with van der Waals surface area (Å²) in [5.74, 6) is -0.601. The van der Waals surface area contributed by atoms with Gasteiger partial charge in [-0.3, -0.25) is 0 Å². The van der Waals surface area contributed by atoms with E-state index in [1.807, 2.05) is 36.4 Å². The summed E-state index contributed by atoms with van der Waals surface area (Å²) in [5, 5.41) is 6.58. The fraction of sp³-hybridized carbons (Fsp3) is 0. The highest BCUT2D eigenvalue weighted by atomic mass is 32.1. The number of fused-ring (bicyclic) bond motifs is 8. The Labute approximate surface area is 329 Å². The van der Waals surface area contributed by atoms with Gasteiger partial charge in [0.2, 0.25) is 0 Å². The summed E-state index contributed by atoms with van der Waals surface area (Å²) in [6, 6.07) is 35.9. The minimum Gasteiger partial charge on any atom is -0.309 e. The van der Waals surface area contributed by atoms with Crippen LogP contribution in [0.2, 0.25) is 0 Å². The molecule has 54 heavy (non-hydrogen) atoms. The second-order valence-electron chi connectivity index (χ2n) is 12.9. The molecule has 0 radical (unpaired) electrons. The Morgan fingerprint density at radius 1 is 0.426 bits per heavy atom. The van der Waals surface area contributed by atoms with Gasteiger partial charge in [0, 0.05) is 47.6 Å². The zero-order chi connectivity index (χ0) is 44.3. The van der Waals surface area contributed by atoms with Gasteiger partial charge in [-0.05, 0) is 58.3 Å². The van der Waals surface area contributed by atoms with Gasteiger partial charge in [0.25, 0.3) is 0 Å². The molecule has 11 aromatic rings. The third-order valence-corrected chi connectivity index (χ3v) is 10.9. The Balaban J connectivity index is 1.14. The van der Waals surface area contributed by atoms with Crippen molar-refractivity contribution in [1.29, 1.82) is 0 Å². The highest BCUT2D eigenvalue weighted by Crippen LogP contribution is 2.44. The van der Waals surface area contributed by atoms with E-state index in [1.54, 1.807) is 11.3 Å². The van der Waals surface area contributed by atoms with Gasteiger partial charge in [-0.2, -0.15) is 0 Å². The summed E-state index contributed by atoms with van der Waals surface area (Å²) >= 11 is 1.57. The highest BCUT2D eigenvalue weighted by Gasteiger charge is 2.20. The maximum absolute atomic E-state index is 8.71. The van der Waals surface area contributed by atoms with Crippen molar-refractivity contribution >= 4 is 64.1 Å². The maximum Gasteiger partial charge on any atom is 0.164 e. The number of thiophene rings is 1. The van der Waals surface area contributed by atoms with Gasteiger partial charge in [-0.1, -0.05) is 145 Å². The van der Waals surface area contributed by atoms with Crippen LogP contribution in [0.3, 0.4) is 0 Å². The number of aromatic nitrogens is 4. The molecule has 4 nitrogen and oxygen atoms in total. The van der Waals surface area contributed by atoms with E-state index in [1.165, 1.54) is 0 Å². The molecular weight excluding hydrogens is 677 g/mol. The topological polar surface area (TPSA) is 43.6 Å². The first kappa shape index (κ1) is 22.2. The van der Waals surface area contributed by atoms with Gasteiger partial charge < -0.3 is 4.57 Å². The van der Waals surface area contributed by atoms with Gasteiger partial charge in [0.05, 0.1) is 30.4 Å². The van der Waals surface area contributed by atoms with Crippen LogP contribution in [-0.4, -0.2) is 19.5 Å². The molecule has 5 heteroatoms. The Morgan fingerprint density at radius 3 is 1.85 bits per heavy atom. The zero-order valence-corrected chi connectivity index (χ0v) is 29.1. The minimum absolute atomic E-state index is 0.0155. The van der Waals surface area contributed by atoms with Crippen LogP contribution >= 0.6 is 11.3 Å². The van der Waals surface area contributed by atoms with E-state index in [0.717, 1.165) is 69.6 Å². The van der Waals surface area contributed by atoms with Crippen LogP contribution in [0.25, 0.3) is 104 Å². The van der Waals surface area contributed by atoms with Gasteiger partial charge in [0.15, 0.2) is 17.5 Å². The molecule has 3 aromatic heterocycles. The Hall–Kier alpha value is -6.95. The van der Waals surface area contributed by atoms with E-state index in [9.17, 15) is 0 Å². The van der Waals surface area contributed by atoms with E-state index in [-0.39, 0.29) is 28.6 Å². The van der Waals surface area contributed by atoms with Crippen molar-refractivity contribution in [3.63, 3.8) is 0 Å². The molecule has 11 rings (SSSR count). The van der Waals surface area contributed by atoms with Crippen LogP contribution in [-0.2, 0) is 0 Å². The lowest BCUT2D eigenvalue weighted by Gasteiger charge is -2.11. The lowest BCUT2D eigenvalue weighted by Crippen LogP contribution is -2.00. The third-order valence-electron chi connectivity index (χ3n) is 9.82. The standard InChI is InChI=1S/C49H30N4S/c1-4-13-31(14-5-1)35-25-27-40-39(29-35)45-37-20-11-10-15-32(37)24-28-42(45)53(40)41-21-12-22-43-46(41)38-26-23-36(30-44(38)54-43)49-51-47(33-16-6-2-7-17-33)50-48(52-49)34-18-8-3-9-19-34/h1-30H/i2D,3D,6D,7D,8D,9D,16D,17D,18D,19D. The SMILES string of the molecule is [2H]c1c([2H])c([2H])c(-c2nc(-c3ccc4c(c3)sc3cccc(-n5c6ccc(-c7ccccc7)cc6c6c7ccccc7ccc65)c34)nc(-c3c([2H])c([2H])c([2H])c([2H])c3[2H])n2)c([2H])c1[2H]. The molecule has 0 saturated carbocycles. The van der Waals surface area contributed by atoms with Gasteiger partial charge in [-0.15, -0.1) is 11.3 Å². The van der Waals surface area contributed by atoms with Crippen LogP contribution < -0.4 is 0 Å². The monoisotopic (exact) mass is 716 g/mol. The number of nitrogens with zero attached hydrogens (tertiary/aromatic N) is 4. The van der Waals surface area contributed by atoms with E-state index in [4.69, 9.17) is 13.7 Å². The number of hydrogen-bond acceptors (Lipinski definition) is 4. The fourth-order valence-electron chi connectivity index (χ4n) is 7.44. The molecule has 0 aliphatic heterocycles. The smallest absolute Gasteiger partial charge is 0.164 e. The van der Waals surface area contributed by atoms with Crippen molar-refractivity contribution in [2.45, 2.75) is 0 Å². The molecule has 252 valence electrons. The van der Waals surface area contributed by atoms with Crippen molar-refractivity contribution in [3.8, 4) is 51.0 Å². The van der Waals surface area contributed by atoms with E-state index >= 15 is 0 Å². The van der Waals surface area contributed by atoms with Crippen LogP contribution in [0, 0.1) is 0 Å². The Morgan fingerprint density at radius 2 is 1.09 bits per heavy atom. The van der Waals surface area contributed by atoms with Crippen molar-refractivity contribution in [2.75, 3.05) is 0 Å². The van der Waals surface area contributed by atoms with Crippen LogP contribution in [0.4, 0.5) is 0 Å². The van der Waals surface area contributed by atoms with Crippen molar-refractivity contribution in [2.24, 2.45) is 0 Å². The second kappa shape index (κ2) is 12.3. The first-order valence-electron chi connectivity index (χ1n) is 22.3. The normalized spacial score (nSPS) is 14.3. The molecule has 0 bridgehead atoms. The molecular formula is C49H30N4S. The summed E-state index contributed by atoms with van der Waals surface area (Å²) in [5.41, 5.74) is 5.21. The lowest BCUT2D eigenvalue weighted by molar-refractivity contribution is 1.07. The van der Waals surface area contributed by atoms with Crippen molar-refractivity contribution < 1.29 is 13.7 Å². The molecule has 0 N–H and O–H groups in total. The summed E-state index contributed by atoms with van der Waals surface area (Å²) < 4.78 is 88.8. The molecule has 0 fully saturated rings. The molecule has 0 spiro atoms. The zero-order valence-electron chi connectivity index (χ0n) is 38.2. The molecule has 0 aliphatic rings. The molecule has 0 saturated heterocycles. The first-order valence-corrected chi connectivity index (χ1v) is 18.1. The summed E-state index contributed by atoms with van der Waals surface area (Å²) in [6.07, 6.45) is 0. The Kier molecular flexibility index (Phi) is 5.07. The molecule has 0 unspecified atom stereocenters. The number of benzene rings is 8. The highest BCUT2D eigenvalue weighted by molar-refractivity contribution is 7.26. The average Bonchev–Trinajstić information content (AvgIpc) is 3.87. The average molecular weight is 717 g/mol. The van der Waals surface area contributed by atoms with Gasteiger partial charge in [-0.25, -0.2) is 15.0 Å². The van der Waals surface area contributed by atoms with E-state index < -0.39 is 60.4 Å². The van der Waals surface area contributed by atoms with Crippen LogP contribution in [0.5, 0.6) is 0 Å². The quantitative estimate of drug-likeness (QED) is 0.178. The number of rotatable bonds is 5. The molecule has 0 amide bonds. The summed E-state index contributed by atoms with van der Waals surface area (Å²) in [7, 11) is 0. The third kappa shape index (κ3) is 4.94. The number of hydrogen-bond donors (Lipinski definition) is 0. The van der Waals surface area contributed by atoms with Crippen LogP contribution in [0.15, 0.2) is 182 Å². The van der Waals surface area contributed by atoms with Crippen molar-refractivity contribution in [1.82, 2.24) is 19.5 Å². The predicted octanol–water partition coefficient (Wildman–Crippen LogP) is 13.2. The fourth-order valence-corrected chi connectivity index (χ4v) is 8.61.